The predicted octanol–water partition coefficient (Wildman–Crippen LogP) is 2.34. The van der Waals surface area contributed by atoms with Crippen molar-refractivity contribution < 1.29 is 19.0 Å². The van der Waals surface area contributed by atoms with Gasteiger partial charge in [0.05, 0.1) is 40.0 Å². The highest BCUT2D eigenvalue weighted by molar-refractivity contribution is 7.99. The highest BCUT2D eigenvalue weighted by Gasteiger charge is 2.45. The lowest BCUT2D eigenvalue weighted by molar-refractivity contribution is -0.172. The van der Waals surface area contributed by atoms with Gasteiger partial charge in [0.25, 0.3) is 5.56 Å². The fourth-order valence-electron chi connectivity index (χ4n) is 5.81. The fourth-order valence-corrected chi connectivity index (χ4v) is 6.99. The van der Waals surface area contributed by atoms with Crippen LogP contribution in [0.1, 0.15) is 48.6 Å². The van der Waals surface area contributed by atoms with Gasteiger partial charge in [0.2, 0.25) is 0 Å². The first-order chi connectivity index (χ1) is 17.3. The van der Waals surface area contributed by atoms with E-state index < -0.39 is 17.4 Å². The van der Waals surface area contributed by atoms with Crippen LogP contribution in [0.25, 0.3) is 22.2 Å². The molecule has 1 fully saturated rings. The summed E-state index contributed by atoms with van der Waals surface area (Å²) in [6.07, 6.45) is 2.22. The molecule has 2 aromatic heterocycles. The lowest BCUT2D eigenvalue weighted by Crippen LogP contribution is -2.44. The Morgan fingerprint density at radius 2 is 2.06 bits per heavy atom. The summed E-state index contributed by atoms with van der Waals surface area (Å²) in [4.78, 5) is 40.6. The second-order valence-electron chi connectivity index (χ2n) is 9.97. The summed E-state index contributed by atoms with van der Waals surface area (Å²) >= 11 is 1.56. The average Bonchev–Trinajstić information content (AvgIpc) is 3.62. The smallest absolute Gasteiger partial charge is 0.343 e. The lowest BCUT2D eigenvalue weighted by atomic mass is 9.85. The normalized spacial score (nSPS) is 21.8. The van der Waals surface area contributed by atoms with Crippen molar-refractivity contribution in [3.05, 3.63) is 60.9 Å². The Kier molecular flexibility index (Phi) is 4.66. The molecule has 2 N–H and O–H groups in total. The van der Waals surface area contributed by atoms with Crippen LogP contribution in [0.15, 0.2) is 26.6 Å². The van der Waals surface area contributed by atoms with Crippen molar-refractivity contribution >= 4 is 28.6 Å². The van der Waals surface area contributed by atoms with E-state index in [1.54, 1.807) is 24.8 Å². The van der Waals surface area contributed by atoms with Gasteiger partial charge in [-0.3, -0.25) is 9.59 Å². The van der Waals surface area contributed by atoms with Crippen LogP contribution < -0.4 is 16.3 Å². The van der Waals surface area contributed by atoms with Gasteiger partial charge >= 0.3 is 5.97 Å². The predicted molar refractivity (Wildman–Crippen MR) is 132 cm³/mol. The van der Waals surface area contributed by atoms with Gasteiger partial charge in [0.1, 0.15) is 12.4 Å². The van der Waals surface area contributed by atoms with E-state index >= 15 is 4.39 Å². The number of ether oxygens (including phenoxy) is 1. The molecule has 1 aliphatic carbocycles. The third kappa shape index (κ3) is 2.86. The van der Waals surface area contributed by atoms with E-state index in [-0.39, 0.29) is 47.1 Å². The highest BCUT2D eigenvalue weighted by Crippen LogP contribution is 2.42. The molecule has 1 atom stereocenters. The standard InChI is InChI=1S/C26H24FN3O5S/c1-2-26(34)16-8-18-20-19(10-30(18)24(32)15(16)11-35-25(26)33)29-5-6-36-23-14(9-28-12-3-4-12)17(27)7-13(21(23)29)22(20)31/h7-8,12,28,34H,2-6,9-11H2,1H3/t26-/m0/s1. The van der Waals surface area contributed by atoms with Crippen LogP contribution in [0.3, 0.4) is 0 Å². The molecule has 1 aromatic carbocycles. The maximum atomic E-state index is 15.4. The number of hydrogen-bond donors (Lipinski definition) is 2. The van der Waals surface area contributed by atoms with Gasteiger partial charge in [-0.15, -0.1) is 11.8 Å². The lowest BCUT2D eigenvalue weighted by Gasteiger charge is -2.31. The van der Waals surface area contributed by atoms with Crippen LogP contribution in [-0.2, 0) is 41.4 Å². The van der Waals surface area contributed by atoms with Gasteiger partial charge in [-0.2, -0.15) is 0 Å². The molecule has 36 heavy (non-hydrogen) atoms. The number of pyridine rings is 2. The molecule has 0 saturated heterocycles. The Bertz CT molecular complexity index is 1640. The van der Waals surface area contributed by atoms with Crippen LogP contribution in [0, 0.1) is 5.82 Å². The van der Waals surface area contributed by atoms with Crippen molar-refractivity contribution in [2.75, 3.05) is 5.75 Å². The molecule has 0 amide bonds. The second kappa shape index (κ2) is 7.53. The first-order valence-corrected chi connectivity index (χ1v) is 13.3. The minimum absolute atomic E-state index is 0.0278. The zero-order valence-electron chi connectivity index (χ0n) is 19.6. The number of carbonyl (C=O) groups excluding carboxylic acids is 1. The Morgan fingerprint density at radius 1 is 1.25 bits per heavy atom. The third-order valence-corrected chi connectivity index (χ3v) is 9.09. The molecule has 186 valence electrons. The number of carbonyl (C=O) groups is 1. The molecule has 10 heteroatoms. The summed E-state index contributed by atoms with van der Waals surface area (Å²) in [5.41, 5.74) is 0.419. The minimum Gasteiger partial charge on any atom is -0.458 e. The number of nitrogens with one attached hydrogen (secondary N) is 1. The maximum absolute atomic E-state index is 15.4. The molecule has 7 rings (SSSR count). The van der Waals surface area contributed by atoms with Crippen molar-refractivity contribution in [3.8, 4) is 11.3 Å². The Labute approximate surface area is 209 Å². The molecule has 1 saturated carbocycles. The number of fused-ring (bicyclic) bond motifs is 5. The third-order valence-electron chi connectivity index (χ3n) is 7.97. The molecule has 4 aliphatic rings. The quantitative estimate of drug-likeness (QED) is 0.407. The van der Waals surface area contributed by atoms with Crippen LogP contribution in [0.5, 0.6) is 0 Å². The summed E-state index contributed by atoms with van der Waals surface area (Å²) in [6, 6.07) is 3.33. The van der Waals surface area contributed by atoms with Crippen molar-refractivity contribution in [1.29, 1.82) is 0 Å². The summed E-state index contributed by atoms with van der Waals surface area (Å²) < 4.78 is 24.1. The summed E-state index contributed by atoms with van der Waals surface area (Å²) in [6.45, 7) is 2.65. The summed E-state index contributed by atoms with van der Waals surface area (Å²) in [5, 5.41) is 14.8. The number of benzene rings is 1. The minimum atomic E-state index is -1.95. The van der Waals surface area contributed by atoms with Crippen LogP contribution in [0.4, 0.5) is 4.39 Å². The van der Waals surface area contributed by atoms with Gasteiger partial charge in [0.15, 0.2) is 11.0 Å². The van der Waals surface area contributed by atoms with E-state index in [4.69, 9.17) is 4.74 Å². The monoisotopic (exact) mass is 509 g/mol. The van der Waals surface area contributed by atoms with E-state index in [9.17, 15) is 19.5 Å². The Morgan fingerprint density at radius 3 is 2.81 bits per heavy atom. The number of nitrogens with zero attached hydrogens (tertiary/aromatic N) is 2. The topological polar surface area (TPSA) is 103 Å². The van der Waals surface area contributed by atoms with E-state index in [0.717, 1.165) is 29.0 Å². The molecule has 3 aliphatic heterocycles. The number of cyclic esters (lactones) is 1. The van der Waals surface area contributed by atoms with Gasteiger partial charge < -0.3 is 24.3 Å². The highest BCUT2D eigenvalue weighted by atomic mass is 32.2. The van der Waals surface area contributed by atoms with Crippen molar-refractivity contribution in [3.63, 3.8) is 0 Å². The SMILES string of the molecule is CC[C@@]1(O)C(=O)OCc2c1cc1n(c2=O)Cc2c-1c(=O)c1cc(F)c(CNC3CC3)c3c1n2CCS3. The molecule has 5 heterocycles. The molecule has 3 aromatic rings. The van der Waals surface area contributed by atoms with Gasteiger partial charge in [0, 0.05) is 40.9 Å². The van der Waals surface area contributed by atoms with Crippen molar-refractivity contribution in [2.45, 2.75) is 69.0 Å². The van der Waals surface area contributed by atoms with Crippen molar-refractivity contribution in [2.24, 2.45) is 0 Å². The largest absolute Gasteiger partial charge is 0.458 e. The van der Waals surface area contributed by atoms with Crippen molar-refractivity contribution in [1.82, 2.24) is 14.5 Å². The number of rotatable bonds is 4. The number of thioether (sulfide) groups is 1. The molecule has 0 radical (unpaired) electrons. The van der Waals surface area contributed by atoms with Gasteiger partial charge in [-0.05, 0) is 31.4 Å². The Hall–Kier alpha value is -2.95. The molecule has 0 bridgehead atoms. The van der Waals surface area contributed by atoms with Crippen LogP contribution in [0.2, 0.25) is 0 Å². The number of aromatic nitrogens is 2. The molecule has 0 spiro atoms. The first-order valence-electron chi connectivity index (χ1n) is 12.3. The van der Waals surface area contributed by atoms with E-state index in [1.807, 2.05) is 0 Å². The molecular formula is C26H24FN3O5S. The average molecular weight is 510 g/mol. The summed E-state index contributed by atoms with van der Waals surface area (Å²) in [7, 11) is 0. The van der Waals surface area contributed by atoms with E-state index in [0.29, 0.717) is 41.6 Å². The maximum Gasteiger partial charge on any atom is 0.343 e. The Balaban J connectivity index is 1.50. The van der Waals surface area contributed by atoms with E-state index in [2.05, 4.69) is 9.88 Å². The molecule has 0 unspecified atom stereocenters. The second-order valence-corrected chi connectivity index (χ2v) is 11.1. The number of hydrogen-bond acceptors (Lipinski definition) is 7. The zero-order chi connectivity index (χ0) is 24.9. The molecule has 8 nitrogen and oxygen atoms in total. The van der Waals surface area contributed by atoms with Crippen LogP contribution >= 0.6 is 11.8 Å². The number of aryl methyl sites for hydroxylation is 1. The number of esters is 1. The first kappa shape index (κ1) is 22.3. The van der Waals surface area contributed by atoms with Gasteiger partial charge in [-0.25, -0.2) is 9.18 Å². The number of aliphatic hydroxyl groups is 1. The van der Waals surface area contributed by atoms with Gasteiger partial charge in [-0.1, -0.05) is 6.92 Å². The number of halogens is 1. The molecular weight excluding hydrogens is 485 g/mol. The fraction of sp³-hybridized carbons (Fsp3) is 0.423. The summed E-state index contributed by atoms with van der Waals surface area (Å²) in [5.74, 6) is -0.495. The van der Waals surface area contributed by atoms with E-state index in [1.165, 1.54) is 10.6 Å². The zero-order valence-corrected chi connectivity index (χ0v) is 20.5. The van der Waals surface area contributed by atoms with Crippen LogP contribution in [-0.4, -0.2) is 32.0 Å².